The molecule has 6 aromatic carbocycles. The third kappa shape index (κ3) is 17.8. The second-order valence-electron chi connectivity index (χ2n) is 21.7. The summed E-state index contributed by atoms with van der Waals surface area (Å²) >= 11 is 0. The van der Waals surface area contributed by atoms with E-state index in [4.69, 9.17) is 5.73 Å². The Morgan fingerprint density at radius 2 is 0.488 bits per heavy atom. The number of benzene rings is 6. The maximum absolute atomic E-state index is 5.89. The van der Waals surface area contributed by atoms with Crippen LogP contribution in [0.3, 0.4) is 0 Å². The largest absolute Gasteiger partial charge is 1.00 e. The van der Waals surface area contributed by atoms with Gasteiger partial charge in [0, 0.05) is 134 Å². The minimum atomic E-state index is 0. The van der Waals surface area contributed by atoms with Gasteiger partial charge >= 0.3 is 0 Å². The van der Waals surface area contributed by atoms with Crippen molar-refractivity contribution in [2.75, 3.05) is 136 Å². The maximum atomic E-state index is 5.89. The van der Waals surface area contributed by atoms with Gasteiger partial charge in [-0.25, -0.2) is 13.7 Å². The molecular formula is C72H84Cl3N9. The Kier molecular flexibility index (Phi) is 25.9. The van der Waals surface area contributed by atoms with Crippen LogP contribution in [0, 0.1) is 0 Å². The summed E-state index contributed by atoms with van der Waals surface area (Å²) in [4.78, 5) is 8.48. The van der Waals surface area contributed by atoms with Gasteiger partial charge < -0.3 is 67.9 Å². The van der Waals surface area contributed by atoms with E-state index in [9.17, 15) is 0 Å². The number of rotatable bonds is 11. The van der Waals surface area contributed by atoms with Crippen LogP contribution < -0.4 is 67.9 Å². The van der Waals surface area contributed by atoms with Gasteiger partial charge in [0.25, 0.3) is 0 Å². The van der Waals surface area contributed by atoms with Crippen molar-refractivity contribution >= 4 is 68.0 Å². The Balaban J connectivity index is 0.000000266. The predicted molar refractivity (Wildman–Crippen MR) is 354 cm³/mol. The summed E-state index contributed by atoms with van der Waals surface area (Å²) in [5, 5.41) is 3.19. The average Bonchev–Trinajstić information content (AvgIpc) is 3.66. The van der Waals surface area contributed by atoms with Gasteiger partial charge in [0.05, 0.1) is 0 Å². The van der Waals surface area contributed by atoms with Crippen molar-refractivity contribution in [3.8, 4) is 0 Å². The highest BCUT2D eigenvalue weighted by molar-refractivity contribution is 6.05. The zero-order valence-electron chi connectivity index (χ0n) is 51.6. The van der Waals surface area contributed by atoms with Gasteiger partial charge in [-0.2, -0.15) is 0 Å². The summed E-state index contributed by atoms with van der Waals surface area (Å²) in [6.45, 7) is 0. The molecule has 0 radical (unpaired) electrons. The highest BCUT2D eigenvalue weighted by Gasteiger charge is 2.17. The predicted octanol–water partition coefficient (Wildman–Crippen LogP) is 3.88. The number of nitrogen functional groups attached to an aromatic ring is 1. The Morgan fingerprint density at radius 3 is 0.667 bits per heavy atom. The molecule has 3 aliphatic rings. The van der Waals surface area contributed by atoms with E-state index in [2.05, 4.69) is 344 Å². The number of hydrogen-bond acceptors (Lipinski definition) is 6. The first kappa shape index (κ1) is 68.2. The normalized spacial score (nSPS) is 12.5. The lowest BCUT2D eigenvalue weighted by Gasteiger charge is -2.18. The van der Waals surface area contributed by atoms with E-state index in [1.807, 2.05) is 19.2 Å². The van der Waals surface area contributed by atoms with Gasteiger partial charge in [-0.15, -0.1) is 0 Å². The van der Waals surface area contributed by atoms with Crippen LogP contribution in [-0.4, -0.2) is 137 Å². The van der Waals surface area contributed by atoms with E-state index in [0.29, 0.717) is 0 Å². The molecule has 0 fully saturated rings. The van der Waals surface area contributed by atoms with Crippen LogP contribution in [-0.2, 0) is 0 Å². The summed E-state index contributed by atoms with van der Waals surface area (Å²) in [7, 11) is 30.8. The summed E-state index contributed by atoms with van der Waals surface area (Å²) in [5.74, 6) is 0. The first-order valence-corrected chi connectivity index (χ1v) is 27.5. The number of hydrogen-bond donors (Lipinski definition) is 2. The molecule has 0 heterocycles. The van der Waals surface area contributed by atoms with Gasteiger partial charge in [-0.3, -0.25) is 0 Å². The molecule has 0 spiro atoms. The molecule has 9 nitrogen and oxygen atoms in total. The molecule has 438 valence electrons. The molecule has 0 unspecified atom stereocenters. The van der Waals surface area contributed by atoms with Crippen molar-refractivity contribution in [2.45, 2.75) is 0 Å². The summed E-state index contributed by atoms with van der Waals surface area (Å²) < 4.78 is 6.36. The Labute approximate surface area is 520 Å². The van der Waals surface area contributed by atoms with Crippen LogP contribution in [0.25, 0.3) is 16.7 Å². The lowest BCUT2D eigenvalue weighted by molar-refractivity contribution is -0.462. The smallest absolute Gasteiger partial charge is 0.199 e. The number of halogens is 3. The van der Waals surface area contributed by atoms with Gasteiger partial charge in [0.1, 0.15) is 42.3 Å². The Bertz CT molecular complexity index is 3450. The summed E-state index contributed by atoms with van der Waals surface area (Å²) in [6.07, 6.45) is 26.2. The monoisotopic (exact) mass is 1180 g/mol. The van der Waals surface area contributed by atoms with Crippen LogP contribution in [0.2, 0.25) is 0 Å². The third-order valence-electron chi connectivity index (χ3n) is 14.4. The molecule has 0 saturated carbocycles. The number of allylic oxidation sites excluding steroid dienone is 15. The Hall–Kier alpha value is -8.34. The zero-order valence-corrected chi connectivity index (χ0v) is 53.9. The molecule has 3 aliphatic carbocycles. The van der Waals surface area contributed by atoms with Crippen molar-refractivity contribution in [3.63, 3.8) is 0 Å². The fourth-order valence-electron chi connectivity index (χ4n) is 9.44. The molecule has 0 bridgehead atoms. The van der Waals surface area contributed by atoms with E-state index in [1.165, 1.54) is 101 Å². The Morgan fingerprint density at radius 1 is 0.298 bits per heavy atom. The maximum Gasteiger partial charge on any atom is 0.199 e. The van der Waals surface area contributed by atoms with E-state index < -0.39 is 0 Å². The lowest BCUT2D eigenvalue weighted by Crippen LogP contribution is -3.00. The second kappa shape index (κ2) is 31.9. The lowest BCUT2D eigenvalue weighted by atomic mass is 9.90. The molecular weight excluding hydrogens is 1100 g/mol. The van der Waals surface area contributed by atoms with E-state index in [1.54, 1.807) is 0 Å². The molecule has 0 aliphatic heterocycles. The van der Waals surface area contributed by atoms with Crippen molar-refractivity contribution in [1.29, 1.82) is 0 Å². The van der Waals surface area contributed by atoms with Crippen LogP contribution in [0.5, 0.6) is 0 Å². The molecule has 0 amide bonds. The molecule has 0 aromatic heterocycles. The number of nitrogens with two attached hydrogens (primary N) is 1. The number of anilines is 6. The van der Waals surface area contributed by atoms with Gasteiger partial charge in [-0.05, 0) is 176 Å². The first-order valence-electron chi connectivity index (χ1n) is 27.5. The fraction of sp³-hybridized carbons (Fsp3) is 0.208. The van der Waals surface area contributed by atoms with E-state index in [0.717, 1.165) is 16.9 Å². The van der Waals surface area contributed by atoms with Gasteiger partial charge in [-0.1, -0.05) is 72.8 Å². The van der Waals surface area contributed by atoms with Crippen LogP contribution in [0.1, 0.15) is 33.4 Å². The molecule has 84 heavy (non-hydrogen) atoms. The zero-order chi connectivity index (χ0) is 58.3. The highest BCUT2D eigenvalue weighted by Crippen LogP contribution is 2.35. The fourth-order valence-corrected chi connectivity index (χ4v) is 9.44. The molecule has 0 atom stereocenters. The van der Waals surface area contributed by atoms with Crippen molar-refractivity contribution in [2.24, 2.45) is 0 Å². The SMILES string of the molecule is CN(C)c1ccc(C(=C2C=CC(=[N+](C)C)C=C2)c2ccc(N(C)C)cc2)cc1.CN(C)c1ccc(C(=C2C=CC(=[N+](C)C)C=C2)c2ccc(N)cc2)cc1.CNc1ccc(C(=C2C=CC(=[N+](C)C)C=C2)c2ccc(N(C)C)cc2)cc1.[Cl-].[Cl-].[Cl-]. The summed E-state index contributed by atoms with van der Waals surface area (Å²) in [5.41, 5.74) is 30.7. The average molecular weight is 1180 g/mol. The second-order valence-corrected chi connectivity index (χ2v) is 21.7. The quantitative estimate of drug-likeness (QED) is 0.152. The standard InChI is InChI=1S/C25H30N3.C24H27N3.C23H25N3.3ClH/c1-26(2)22-13-7-19(8-14-22)25(20-9-15-23(16-10-20)27(3)4)21-11-17-24(18-12-21)28(5)6;1-25-21-12-6-18(7-13-21)24(19-8-14-22(15-9-19)26(2)3)20-10-16-23(17-11-20)27(4)5;1-25(2)21-13-7-18(8-14-21)23(17-5-11-20(24)12-6-17)19-9-15-22(16-10-19)26(3)4;;;/h7-18H,1-6H3;6-17H,1-5H3;5-16,24H,1-4H3;3*1H/q+1;;;;;/p-1. The topological polar surface area (TPSA) is 60.0 Å². The molecule has 3 N–H and O–H groups in total. The first-order chi connectivity index (χ1) is 38.8. The highest BCUT2D eigenvalue weighted by atomic mass is 35.5. The minimum absolute atomic E-state index is 0. The third-order valence-corrected chi connectivity index (χ3v) is 14.4. The number of nitrogens with one attached hydrogen (secondary N) is 1. The van der Waals surface area contributed by atoms with Crippen molar-refractivity contribution in [1.82, 2.24) is 0 Å². The molecule has 6 aromatic rings. The van der Waals surface area contributed by atoms with Crippen molar-refractivity contribution < 1.29 is 50.9 Å². The van der Waals surface area contributed by atoms with E-state index >= 15 is 0 Å². The van der Waals surface area contributed by atoms with Crippen LogP contribution in [0.15, 0.2) is 235 Å². The number of nitrogens with zero attached hydrogens (tertiary/aromatic N) is 7. The van der Waals surface area contributed by atoms with Crippen LogP contribution >= 0.6 is 0 Å². The van der Waals surface area contributed by atoms with Gasteiger partial charge in [0.2, 0.25) is 0 Å². The van der Waals surface area contributed by atoms with Crippen LogP contribution in [0.4, 0.5) is 34.1 Å². The van der Waals surface area contributed by atoms with Crippen molar-refractivity contribution in [3.05, 3.63) is 269 Å². The molecule has 9 rings (SSSR count). The van der Waals surface area contributed by atoms with E-state index in [-0.39, 0.29) is 37.2 Å². The summed E-state index contributed by atoms with van der Waals surface area (Å²) in [6, 6.07) is 51.7. The van der Waals surface area contributed by atoms with Gasteiger partial charge in [0.15, 0.2) is 17.1 Å². The molecule has 0 saturated heterocycles. The molecule has 12 heteroatoms. The minimum Gasteiger partial charge on any atom is -1.00 e.